The molecule has 0 fully saturated rings. The van der Waals surface area contributed by atoms with Gasteiger partial charge in [0.25, 0.3) is 5.97 Å². The quantitative estimate of drug-likeness (QED) is 0.390. The van der Waals surface area contributed by atoms with Crippen LogP contribution < -0.4 is 5.48 Å². The molecule has 0 atom stereocenters. The van der Waals surface area contributed by atoms with Crippen molar-refractivity contribution in [2.24, 2.45) is 0 Å². The maximum Gasteiger partial charge on any atom is 0.300 e. The average Bonchev–Trinajstić information content (AvgIpc) is 1.88. The van der Waals surface area contributed by atoms with Crippen molar-refractivity contribution in [2.75, 3.05) is 19.8 Å². The fourth-order valence-electron chi connectivity index (χ4n) is 0.220. The van der Waals surface area contributed by atoms with Gasteiger partial charge in [0.15, 0.2) is 0 Å². The highest BCUT2D eigenvalue weighted by atomic mass is 16.6. The Labute approximate surface area is 65.9 Å². The second kappa shape index (κ2) is 12.1. The van der Waals surface area contributed by atoms with E-state index in [4.69, 9.17) is 15.0 Å². The molecule has 5 nitrogen and oxygen atoms in total. The molecule has 0 aromatic carbocycles. The van der Waals surface area contributed by atoms with E-state index >= 15 is 0 Å². The van der Waals surface area contributed by atoms with Gasteiger partial charge in [-0.2, -0.15) is 0 Å². The summed E-state index contributed by atoms with van der Waals surface area (Å²) in [5, 5.41) is 15.5. The minimum absolute atomic E-state index is 0.0764. The molecule has 3 N–H and O–H groups in total. The SMILES string of the molecule is CC(=O)O.CCNOCCO. The summed E-state index contributed by atoms with van der Waals surface area (Å²) >= 11 is 0. The molecule has 0 radical (unpaired) electrons. The van der Waals surface area contributed by atoms with E-state index in [2.05, 4.69) is 10.3 Å². The van der Waals surface area contributed by atoms with E-state index < -0.39 is 5.97 Å². The number of rotatable bonds is 4. The summed E-state index contributed by atoms with van der Waals surface area (Å²) in [6.45, 7) is 4.23. The number of hydrogen-bond acceptors (Lipinski definition) is 4. The second-order valence-electron chi connectivity index (χ2n) is 1.59. The molecule has 68 valence electrons. The van der Waals surface area contributed by atoms with Crippen LogP contribution in [0.15, 0.2) is 0 Å². The summed E-state index contributed by atoms with van der Waals surface area (Å²) in [7, 11) is 0. The van der Waals surface area contributed by atoms with E-state index in [1.807, 2.05) is 6.92 Å². The third-order valence-corrected chi connectivity index (χ3v) is 0.440. The zero-order valence-corrected chi connectivity index (χ0v) is 6.83. The Kier molecular flexibility index (Phi) is 14.2. The first-order valence-electron chi connectivity index (χ1n) is 3.30. The van der Waals surface area contributed by atoms with E-state index in [1.165, 1.54) is 0 Å². The third-order valence-electron chi connectivity index (χ3n) is 0.440. The minimum Gasteiger partial charge on any atom is -0.481 e. The minimum atomic E-state index is -0.833. The maximum absolute atomic E-state index is 9.00. The Hall–Kier alpha value is -0.650. The molecular formula is C6H15NO4. The van der Waals surface area contributed by atoms with Gasteiger partial charge in [-0.15, -0.1) is 0 Å². The molecule has 0 aromatic rings. The maximum atomic E-state index is 9.00. The van der Waals surface area contributed by atoms with Crippen LogP contribution in [0.1, 0.15) is 13.8 Å². The number of aliphatic carboxylic acids is 1. The molecule has 0 unspecified atom stereocenters. The fraction of sp³-hybridized carbons (Fsp3) is 0.833. The molecule has 0 bridgehead atoms. The molecule has 11 heavy (non-hydrogen) atoms. The van der Waals surface area contributed by atoms with Gasteiger partial charge in [-0.3, -0.25) is 9.63 Å². The first-order chi connectivity index (χ1) is 5.15. The molecule has 0 rings (SSSR count). The molecule has 0 aliphatic carbocycles. The first-order valence-corrected chi connectivity index (χ1v) is 3.30. The van der Waals surface area contributed by atoms with Crippen molar-refractivity contribution in [3.8, 4) is 0 Å². The lowest BCUT2D eigenvalue weighted by atomic mass is 10.8. The summed E-state index contributed by atoms with van der Waals surface area (Å²) in [6.07, 6.45) is 0. The largest absolute Gasteiger partial charge is 0.481 e. The van der Waals surface area contributed by atoms with Crippen LogP contribution in [0.25, 0.3) is 0 Å². The summed E-state index contributed by atoms with van der Waals surface area (Å²) < 4.78 is 0. The molecule has 0 saturated heterocycles. The summed E-state index contributed by atoms with van der Waals surface area (Å²) in [5.41, 5.74) is 2.59. The summed E-state index contributed by atoms with van der Waals surface area (Å²) in [4.78, 5) is 13.6. The first kappa shape index (κ1) is 13.0. The van der Waals surface area contributed by atoms with Gasteiger partial charge >= 0.3 is 0 Å². The van der Waals surface area contributed by atoms with Crippen molar-refractivity contribution in [1.29, 1.82) is 0 Å². The number of carboxylic acids is 1. The molecule has 0 spiro atoms. The Morgan fingerprint density at radius 2 is 2.09 bits per heavy atom. The smallest absolute Gasteiger partial charge is 0.300 e. The highest BCUT2D eigenvalue weighted by Crippen LogP contribution is 1.61. The molecule has 0 aliphatic rings. The number of nitrogens with one attached hydrogen (secondary N) is 1. The van der Waals surface area contributed by atoms with E-state index in [9.17, 15) is 0 Å². The zero-order valence-electron chi connectivity index (χ0n) is 6.83. The normalized spacial score (nSPS) is 8.27. The Bertz CT molecular complexity index is 78.7. The molecule has 0 aromatic heterocycles. The van der Waals surface area contributed by atoms with Gasteiger partial charge < -0.3 is 10.2 Å². The molecule has 0 aliphatic heterocycles. The Morgan fingerprint density at radius 3 is 2.36 bits per heavy atom. The van der Waals surface area contributed by atoms with Crippen molar-refractivity contribution < 1.29 is 19.8 Å². The van der Waals surface area contributed by atoms with Gasteiger partial charge in [-0.05, 0) is 0 Å². The number of aliphatic hydroxyl groups excluding tert-OH is 1. The summed E-state index contributed by atoms with van der Waals surface area (Å²) in [5.74, 6) is -0.833. The number of hydroxylamine groups is 1. The Balaban J connectivity index is 0. The van der Waals surface area contributed by atoms with E-state index in [-0.39, 0.29) is 6.61 Å². The predicted molar refractivity (Wildman–Crippen MR) is 40.0 cm³/mol. The number of hydrogen-bond donors (Lipinski definition) is 3. The third kappa shape index (κ3) is 45.0. The molecule has 0 saturated carbocycles. The predicted octanol–water partition coefficient (Wildman–Crippen LogP) is -0.389. The van der Waals surface area contributed by atoms with Crippen LogP contribution in [0.5, 0.6) is 0 Å². The van der Waals surface area contributed by atoms with Crippen LogP contribution in [0, 0.1) is 0 Å². The van der Waals surface area contributed by atoms with E-state index in [0.29, 0.717) is 6.61 Å². The monoisotopic (exact) mass is 165 g/mol. The standard InChI is InChI=1S/C4H11NO2.C2H4O2/c1-2-5-7-4-3-6;1-2(3)4/h5-6H,2-4H2,1H3;1H3,(H,3,4). The molecule has 0 amide bonds. The van der Waals surface area contributed by atoms with Crippen LogP contribution in [0.2, 0.25) is 0 Å². The van der Waals surface area contributed by atoms with Gasteiger partial charge in [0.05, 0.1) is 13.2 Å². The average molecular weight is 165 g/mol. The van der Waals surface area contributed by atoms with Gasteiger partial charge in [0, 0.05) is 13.5 Å². The van der Waals surface area contributed by atoms with Crippen molar-refractivity contribution in [1.82, 2.24) is 5.48 Å². The van der Waals surface area contributed by atoms with Crippen molar-refractivity contribution in [3.63, 3.8) is 0 Å². The lowest BCUT2D eigenvalue weighted by molar-refractivity contribution is -0.134. The van der Waals surface area contributed by atoms with Gasteiger partial charge in [0.1, 0.15) is 0 Å². The van der Waals surface area contributed by atoms with E-state index in [0.717, 1.165) is 13.5 Å². The lowest BCUT2D eigenvalue weighted by Crippen LogP contribution is -2.15. The fourth-order valence-corrected chi connectivity index (χ4v) is 0.220. The van der Waals surface area contributed by atoms with Crippen molar-refractivity contribution in [3.05, 3.63) is 0 Å². The molecule has 5 heteroatoms. The van der Waals surface area contributed by atoms with Crippen LogP contribution in [-0.4, -0.2) is 35.9 Å². The van der Waals surface area contributed by atoms with Crippen LogP contribution in [0.4, 0.5) is 0 Å². The number of carboxylic acid groups (broad SMARTS) is 1. The van der Waals surface area contributed by atoms with Crippen molar-refractivity contribution >= 4 is 5.97 Å². The number of carbonyl (C=O) groups is 1. The van der Waals surface area contributed by atoms with Gasteiger partial charge in [0.2, 0.25) is 0 Å². The second-order valence-corrected chi connectivity index (χ2v) is 1.59. The van der Waals surface area contributed by atoms with Gasteiger partial charge in [-0.25, -0.2) is 5.48 Å². The molecule has 0 heterocycles. The lowest BCUT2D eigenvalue weighted by Gasteiger charge is -1.97. The zero-order chi connectivity index (χ0) is 9.11. The van der Waals surface area contributed by atoms with Crippen LogP contribution in [0.3, 0.4) is 0 Å². The van der Waals surface area contributed by atoms with Gasteiger partial charge in [-0.1, -0.05) is 6.92 Å². The summed E-state index contributed by atoms with van der Waals surface area (Å²) in [6, 6.07) is 0. The highest BCUT2D eigenvalue weighted by molar-refractivity contribution is 5.62. The van der Waals surface area contributed by atoms with Crippen molar-refractivity contribution in [2.45, 2.75) is 13.8 Å². The topological polar surface area (TPSA) is 78.8 Å². The highest BCUT2D eigenvalue weighted by Gasteiger charge is 1.76. The van der Waals surface area contributed by atoms with E-state index in [1.54, 1.807) is 0 Å². The van der Waals surface area contributed by atoms with Crippen LogP contribution in [-0.2, 0) is 9.63 Å². The number of aliphatic hydroxyl groups is 1. The Morgan fingerprint density at radius 1 is 1.64 bits per heavy atom. The van der Waals surface area contributed by atoms with Crippen LogP contribution >= 0.6 is 0 Å². The molecular weight excluding hydrogens is 150 g/mol.